The number of ketones is 1. The Kier molecular flexibility index (Phi) is 5.78. The van der Waals surface area contributed by atoms with Gasteiger partial charge in [0.15, 0.2) is 0 Å². The normalized spacial score (nSPS) is 13.8. The van der Waals surface area contributed by atoms with Gasteiger partial charge in [-0.05, 0) is 20.8 Å². The van der Waals surface area contributed by atoms with E-state index in [0.29, 0.717) is 6.42 Å². The molecule has 1 amide bonds. The number of Topliss-reactive ketones (excluding diaryl/α,β-unsaturated/α-hetero) is 1. The summed E-state index contributed by atoms with van der Waals surface area (Å²) in [6, 6.07) is -0.0156. The molecule has 0 saturated carbocycles. The number of hydrogen-bond acceptors (Lipinski definition) is 3. The Labute approximate surface area is 97.7 Å². The van der Waals surface area contributed by atoms with Gasteiger partial charge in [-0.3, -0.25) is 9.59 Å². The third kappa shape index (κ3) is 4.96. The van der Waals surface area contributed by atoms with Crippen molar-refractivity contribution in [2.45, 2.75) is 46.2 Å². The first-order valence-electron chi connectivity index (χ1n) is 5.43. The van der Waals surface area contributed by atoms with Crippen molar-refractivity contribution in [3.05, 3.63) is 12.3 Å². The molecular formula is C12H22N2O2. The van der Waals surface area contributed by atoms with Gasteiger partial charge >= 0.3 is 0 Å². The number of nitrogens with one attached hydrogen (secondary N) is 1. The summed E-state index contributed by atoms with van der Waals surface area (Å²) in [6.07, 6.45) is 0.488. The standard InChI is InChI=1S/C12H22N2O2/c1-8(7-9(2)15)14(6)11(4)10(3)13-12(5)16/h8,10H,4,7H2,1-3,5-6H3,(H,13,16)/t8-,10-/m0/s1. The van der Waals surface area contributed by atoms with Crippen LogP contribution in [0.4, 0.5) is 0 Å². The van der Waals surface area contributed by atoms with E-state index in [2.05, 4.69) is 11.9 Å². The Bertz CT molecular complexity index is 287. The Balaban J connectivity index is 4.36. The first-order chi connectivity index (χ1) is 7.25. The minimum atomic E-state index is -0.114. The van der Waals surface area contributed by atoms with Crippen LogP contribution in [0.25, 0.3) is 0 Å². The summed E-state index contributed by atoms with van der Waals surface area (Å²) in [6.45, 7) is 10.8. The third-order valence-corrected chi connectivity index (χ3v) is 2.62. The molecule has 0 aromatic heterocycles. The summed E-state index contributed by atoms with van der Waals surface area (Å²) in [4.78, 5) is 23.8. The van der Waals surface area contributed by atoms with E-state index in [9.17, 15) is 9.59 Å². The van der Waals surface area contributed by atoms with E-state index < -0.39 is 0 Å². The molecule has 0 rings (SSSR count). The van der Waals surface area contributed by atoms with Crippen molar-refractivity contribution < 1.29 is 9.59 Å². The second-order valence-corrected chi connectivity index (χ2v) is 4.28. The number of carbonyl (C=O) groups excluding carboxylic acids is 2. The summed E-state index contributed by atoms with van der Waals surface area (Å²) >= 11 is 0. The lowest BCUT2D eigenvalue weighted by atomic mass is 10.1. The third-order valence-electron chi connectivity index (χ3n) is 2.62. The Hall–Kier alpha value is -1.32. The van der Waals surface area contributed by atoms with Gasteiger partial charge in [0.2, 0.25) is 5.91 Å². The highest BCUT2D eigenvalue weighted by molar-refractivity contribution is 5.76. The van der Waals surface area contributed by atoms with Gasteiger partial charge in [0.25, 0.3) is 0 Å². The molecule has 0 saturated heterocycles. The molecule has 1 N–H and O–H groups in total. The molecule has 0 heterocycles. The van der Waals surface area contributed by atoms with E-state index in [0.717, 1.165) is 5.70 Å². The lowest BCUT2D eigenvalue weighted by molar-refractivity contribution is -0.120. The van der Waals surface area contributed by atoms with Gasteiger partial charge in [-0.2, -0.15) is 0 Å². The van der Waals surface area contributed by atoms with Gasteiger partial charge in [-0.15, -0.1) is 0 Å². The summed E-state index contributed by atoms with van der Waals surface area (Å²) < 4.78 is 0. The highest BCUT2D eigenvalue weighted by Gasteiger charge is 2.17. The number of amides is 1. The maximum absolute atomic E-state index is 11.0. The fraction of sp³-hybridized carbons (Fsp3) is 0.667. The lowest BCUT2D eigenvalue weighted by Gasteiger charge is -2.31. The molecule has 0 radical (unpaired) electrons. The maximum Gasteiger partial charge on any atom is 0.217 e. The summed E-state index contributed by atoms with van der Waals surface area (Å²) in [5, 5.41) is 2.77. The monoisotopic (exact) mass is 226 g/mol. The van der Waals surface area contributed by atoms with Crippen molar-refractivity contribution in [1.82, 2.24) is 10.2 Å². The van der Waals surface area contributed by atoms with Crippen molar-refractivity contribution in [2.24, 2.45) is 0 Å². The molecule has 4 heteroatoms. The highest BCUT2D eigenvalue weighted by Crippen LogP contribution is 2.11. The molecule has 0 unspecified atom stereocenters. The molecule has 16 heavy (non-hydrogen) atoms. The number of likely N-dealkylation sites (N-methyl/N-ethyl adjacent to an activating group) is 1. The predicted octanol–water partition coefficient (Wildman–Crippen LogP) is 1.32. The molecule has 4 nitrogen and oxygen atoms in total. The number of rotatable bonds is 6. The zero-order chi connectivity index (χ0) is 12.9. The van der Waals surface area contributed by atoms with Crippen LogP contribution in [0.15, 0.2) is 12.3 Å². The van der Waals surface area contributed by atoms with Crippen LogP contribution in [-0.4, -0.2) is 35.7 Å². The Morgan fingerprint density at radius 2 is 1.81 bits per heavy atom. The van der Waals surface area contributed by atoms with Crippen LogP contribution in [0, 0.1) is 0 Å². The molecule has 0 aliphatic rings. The topological polar surface area (TPSA) is 49.4 Å². The Morgan fingerprint density at radius 3 is 2.19 bits per heavy atom. The van der Waals surface area contributed by atoms with E-state index in [-0.39, 0.29) is 23.8 Å². The van der Waals surface area contributed by atoms with Crippen molar-refractivity contribution in [3.63, 3.8) is 0 Å². The van der Waals surface area contributed by atoms with Gasteiger partial charge in [0.1, 0.15) is 5.78 Å². The average Bonchev–Trinajstić information content (AvgIpc) is 2.13. The van der Waals surface area contributed by atoms with Crippen LogP contribution in [0.2, 0.25) is 0 Å². The van der Waals surface area contributed by atoms with Gasteiger partial charge in [0.05, 0.1) is 6.04 Å². The molecule has 0 bridgehead atoms. The van der Waals surface area contributed by atoms with E-state index in [1.54, 1.807) is 6.92 Å². The second kappa shape index (κ2) is 6.30. The molecule has 2 atom stereocenters. The number of nitrogens with zero attached hydrogens (tertiary/aromatic N) is 1. The minimum absolute atomic E-state index is 0.0822. The molecular weight excluding hydrogens is 204 g/mol. The van der Waals surface area contributed by atoms with E-state index in [4.69, 9.17) is 0 Å². The van der Waals surface area contributed by atoms with E-state index >= 15 is 0 Å². The van der Waals surface area contributed by atoms with Gasteiger partial charge in [0, 0.05) is 32.1 Å². The highest BCUT2D eigenvalue weighted by atomic mass is 16.1. The maximum atomic E-state index is 11.0. The average molecular weight is 226 g/mol. The van der Waals surface area contributed by atoms with Crippen molar-refractivity contribution in [3.8, 4) is 0 Å². The summed E-state index contributed by atoms with van der Waals surface area (Å²) in [5.74, 6) is 0.0700. The van der Waals surface area contributed by atoms with Gasteiger partial charge < -0.3 is 10.2 Å². The first kappa shape index (κ1) is 14.7. The molecule has 0 spiro atoms. The number of hydrogen-bond donors (Lipinski definition) is 1. The van der Waals surface area contributed by atoms with E-state index in [1.165, 1.54) is 6.92 Å². The SMILES string of the molecule is C=C([C@H](C)NC(C)=O)N(C)[C@@H](C)CC(C)=O. The zero-order valence-corrected chi connectivity index (χ0v) is 10.8. The molecule has 92 valence electrons. The quantitative estimate of drug-likeness (QED) is 0.743. The van der Waals surface area contributed by atoms with Crippen LogP contribution in [0.3, 0.4) is 0 Å². The second-order valence-electron chi connectivity index (χ2n) is 4.28. The lowest BCUT2D eigenvalue weighted by Crippen LogP contribution is -2.40. The van der Waals surface area contributed by atoms with Crippen molar-refractivity contribution >= 4 is 11.7 Å². The van der Waals surface area contributed by atoms with Crippen LogP contribution in [-0.2, 0) is 9.59 Å². The molecule has 0 aliphatic heterocycles. The van der Waals surface area contributed by atoms with Crippen molar-refractivity contribution in [2.75, 3.05) is 7.05 Å². The molecule has 0 fully saturated rings. The fourth-order valence-corrected chi connectivity index (χ4v) is 1.53. The smallest absolute Gasteiger partial charge is 0.217 e. The summed E-state index contributed by atoms with van der Waals surface area (Å²) in [7, 11) is 1.88. The largest absolute Gasteiger partial charge is 0.374 e. The Morgan fingerprint density at radius 1 is 1.31 bits per heavy atom. The van der Waals surface area contributed by atoms with Gasteiger partial charge in [-0.1, -0.05) is 6.58 Å². The molecule has 0 aromatic rings. The van der Waals surface area contributed by atoms with Crippen LogP contribution >= 0.6 is 0 Å². The first-order valence-corrected chi connectivity index (χ1v) is 5.43. The summed E-state index contributed by atoms with van der Waals surface area (Å²) in [5.41, 5.74) is 0.809. The van der Waals surface area contributed by atoms with E-state index in [1.807, 2.05) is 25.8 Å². The number of carbonyl (C=O) groups is 2. The van der Waals surface area contributed by atoms with Crippen LogP contribution in [0.5, 0.6) is 0 Å². The van der Waals surface area contributed by atoms with Crippen LogP contribution < -0.4 is 5.32 Å². The minimum Gasteiger partial charge on any atom is -0.374 e. The molecule has 0 aliphatic carbocycles. The predicted molar refractivity (Wildman–Crippen MR) is 64.9 cm³/mol. The zero-order valence-electron chi connectivity index (χ0n) is 10.8. The van der Waals surface area contributed by atoms with Crippen LogP contribution in [0.1, 0.15) is 34.1 Å². The molecule has 0 aromatic carbocycles. The van der Waals surface area contributed by atoms with Gasteiger partial charge in [-0.25, -0.2) is 0 Å². The van der Waals surface area contributed by atoms with Crippen molar-refractivity contribution in [1.29, 1.82) is 0 Å². The fourth-order valence-electron chi connectivity index (χ4n) is 1.53.